The van der Waals surface area contributed by atoms with E-state index in [1.807, 2.05) is 25.7 Å². The average molecular weight is 453 g/mol. The molecule has 4 rings (SSSR count). The lowest BCUT2D eigenvalue weighted by atomic mass is 9.73. The number of nitrogens with zero attached hydrogens (tertiary/aromatic N) is 1. The molecule has 0 unspecified atom stereocenters. The zero-order valence-electron chi connectivity index (χ0n) is 20.5. The Kier molecular flexibility index (Phi) is 7.34. The molecule has 0 aromatic carbocycles. The van der Waals surface area contributed by atoms with Crippen molar-refractivity contribution >= 4 is 20.3 Å². The van der Waals surface area contributed by atoms with E-state index in [0.717, 1.165) is 36.1 Å². The van der Waals surface area contributed by atoms with Gasteiger partial charge in [0.15, 0.2) is 0 Å². The molecule has 2 N–H and O–H groups in total. The van der Waals surface area contributed by atoms with E-state index in [4.69, 9.17) is 15.2 Å². The van der Waals surface area contributed by atoms with Gasteiger partial charge in [-0.1, -0.05) is 19.6 Å². The number of carbonyl (C=O) groups is 2. The Labute approximate surface area is 189 Å². The topological polar surface area (TPSA) is 81.9 Å². The van der Waals surface area contributed by atoms with E-state index in [9.17, 15) is 9.59 Å². The molecule has 0 radical (unpaired) electrons. The zero-order chi connectivity index (χ0) is 23.0. The molecule has 0 spiro atoms. The molecule has 4 aliphatic rings. The maximum atomic E-state index is 13.3. The van der Waals surface area contributed by atoms with E-state index in [-0.39, 0.29) is 18.7 Å². The van der Waals surface area contributed by atoms with Crippen molar-refractivity contribution in [1.29, 1.82) is 0 Å². The number of nitrogens with two attached hydrogens (primary N) is 1. The first-order valence-corrected chi connectivity index (χ1v) is 15.9. The van der Waals surface area contributed by atoms with E-state index in [2.05, 4.69) is 19.6 Å². The standard InChI is InChI=1S/C24H44N2O4Si/c1-24(2,3)30-23(28)26(8-10-31(4,5)6)19(7-9-29-22(25)27)15-21-18-12-16-11-17(14-18)20(21)13-16/h16-21H,7-15H2,1-6H3,(H2,25,27)/t16-,17-,18-,19+,20-,21-/m0/s1. The normalized spacial score (nSPS) is 30.3. The first-order valence-electron chi connectivity index (χ1n) is 12.2. The van der Waals surface area contributed by atoms with Gasteiger partial charge >= 0.3 is 12.2 Å². The van der Waals surface area contributed by atoms with Gasteiger partial charge in [0.05, 0.1) is 6.61 Å². The summed E-state index contributed by atoms with van der Waals surface area (Å²) in [6.07, 6.45) is 6.16. The highest BCUT2D eigenvalue weighted by Gasteiger charge is 2.54. The number of hydrogen-bond donors (Lipinski definition) is 1. The van der Waals surface area contributed by atoms with Gasteiger partial charge in [-0.25, -0.2) is 9.59 Å². The van der Waals surface area contributed by atoms with Crippen molar-refractivity contribution in [2.75, 3.05) is 13.2 Å². The van der Waals surface area contributed by atoms with E-state index in [1.165, 1.54) is 25.7 Å². The molecule has 4 fully saturated rings. The third-order valence-corrected chi connectivity index (χ3v) is 9.38. The number of ether oxygens (including phenoxy) is 2. The molecule has 0 heterocycles. The Morgan fingerprint density at radius 2 is 1.77 bits per heavy atom. The van der Waals surface area contributed by atoms with Crippen molar-refractivity contribution < 1.29 is 19.1 Å². The Balaban J connectivity index is 1.77. The minimum absolute atomic E-state index is 0.0222. The first-order chi connectivity index (χ1) is 14.3. The quantitative estimate of drug-likeness (QED) is 0.469. The maximum absolute atomic E-state index is 13.3. The molecular formula is C24H44N2O4Si. The molecule has 4 bridgehead atoms. The van der Waals surface area contributed by atoms with Crippen molar-refractivity contribution in [2.24, 2.45) is 35.3 Å². The number of amides is 2. The smallest absolute Gasteiger partial charge is 0.410 e. The summed E-state index contributed by atoms with van der Waals surface area (Å²) >= 11 is 0. The third-order valence-electron chi connectivity index (χ3n) is 7.66. The molecule has 7 heteroatoms. The second-order valence-electron chi connectivity index (χ2n) is 12.5. The highest BCUT2D eigenvalue weighted by atomic mass is 28.3. The van der Waals surface area contributed by atoms with Crippen LogP contribution in [-0.4, -0.2) is 50.0 Å². The van der Waals surface area contributed by atoms with Gasteiger partial charge in [-0.05, 0) is 88.5 Å². The lowest BCUT2D eigenvalue weighted by Crippen LogP contribution is -2.47. The second kappa shape index (κ2) is 9.32. The Morgan fingerprint density at radius 3 is 2.35 bits per heavy atom. The van der Waals surface area contributed by atoms with Gasteiger partial charge in [0, 0.05) is 27.1 Å². The van der Waals surface area contributed by atoms with Gasteiger partial charge in [-0.15, -0.1) is 0 Å². The lowest BCUT2D eigenvalue weighted by molar-refractivity contribution is 0.00874. The van der Waals surface area contributed by atoms with Crippen molar-refractivity contribution in [3.8, 4) is 0 Å². The molecule has 2 amide bonds. The highest BCUT2D eigenvalue weighted by molar-refractivity contribution is 6.76. The lowest BCUT2D eigenvalue weighted by Gasteiger charge is -2.39. The van der Waals surface area contributed by atoms with Crippen LogP contribution in [0.4, 0.5) is 9.59 Å². The zero-order valence-corrected chi connectivity index (χ0v) is 21.5. The number of primary amides is 1. The summed E-state index contributed by atoms with van der Waals surface area (Å²) in [5.74, 6) is 4.14. The fraction of sp³-hybridized carbons (Fsp3) is 0.917. The molecule has 178 valence electrons. The Morgan fingerprint density at radius 1 is 1.10 bits per heavy atom. The number of carbonyl (C=O) groups excluding carboxylic acids is 2. The SMILES string of the molecule is CC(C)(C)OC(=O)N(CC[Si](C)(C)C)[C@H](CCOC(N)=O)C[C@H]1[C@H]2C[C@@H]3C[C@@H](C2)[C@@H]1C3. The van der Waals surface area contributed by atoms with Gasteiger partial charge in [-0.2, -0.15) is 0 Å². The van der Waals surface area contributed by atoms with Crippen LogP contribution in [0.1, 0.15) is 59.3 Å². The van der Waals surface area contributed by atoms with Crippen LogP contribution < -0.4 is 5.73 Å². The van der Waals surface area contributed by atoms with Crippen molar-refractivity contribution in [3.05, 3.63) is 0 Å². The summed E-state index contributed by atoms with van der Waals surface area (Å²) in [7, 11) is -1.35. The third kappa shape index (κ3) is 6.62. The van der Waals surface area contributed by atoms with Crippen molar-refractivity contribution in [1.82, 2.24) is 4.90 Å². The largest absolute Gasteiger partial charge is 0.450 e. The predicted molar refractivity (Wildman–Crippen MR) is 126 cm³/mol. The van der Waals surface area contributed by atoms with Crippen LogP contribution in [0.15, 0.2) is 0 Å². The molecule has 6 nitrogen and oxygen atoms in total. The fourth-order valence-electron chi connectivity index (χ4n) is 6.45. The second-order valence-corrected chi connectivity index (χ2v) is 18.1. The van der Waals surface area contributed by atoms with Crippen LogP contribution in [0.3, 0.4) is 0 Å². The Hall–Kier alpha value is -1.24. The molecule has 0 aromatic heterocycles. The van der Waals surface area contributed by atoms with E-state index >= 15 is 0 Å². The summed E-state index contributed by atoms with van der Waals surface area (Å²) in [4.78, 5) is 26.4. The van der Waals surface area contributed by atoms with Gasteiger partial charge in [0.25, 0.3) is 0 Å². The molecule has 0 saturated heterocycles. The van der Waals surface area contributed by atoms with Crippen LogP contribution in [0.25, 0.3) is 0 Å². The molecule has 0 aromatic rings. The monoisotopic (exact) mass is 452 g/mol. The maximum Gasteiger partial charge on any atom is 0.410 e. The van der Waals surface area contributed by atoms with E-state index in [0.29, 0.717) is 18.9 Å². The molecule has 6 atom stereocenters. The number of rotatable bonds is 9. The molecule has 0 aliphatic heterocycles. The van der Waals surface area contributed by atoms with E-state index in [1.54, 1.807) is 0 Å². The minimum Gasteiger partial charge on any atom is -0.450 e. The first kappa shape index (κ1) is 24.4. The number of hydrogen-bond acceptors (Lipinski definition) is 4. The molecule has 31 heavy (non-hydrogen) atoms. The predicted octanol–water partition coefficient (Wildman–Crippen LogP) is 5.49. The molecule has 4 saturated carbocycles. The van der Waals surface area contributed by atoms with Gasteiger partial charge in [-0.3, -0.25) is 0 Å². The molecular weight excluding hydrogens is 408 g/mol. The summed E-state index contributed by atoms with van der Waals surface area (Å²) in [6.45, 7) is 13.7. The average Bonchev–Trinajstić information content (AvgIpc) is 3.00. The van der Waals surface area contributed by atoms with Crippen molar-refractivity contribution in [2.45, 2.75) is 96.6 Å². The van der Waals surface area contributed by atoms with Crippen LogP contribution in [0.2, 0.25) is 25.7 Å². The van der Waals surface area contributed by atoms with Crippen LogP contribution in [0.5, 0.6) is 0 Å². The summed E-state index contributed by atoms with van der Waals surface area (Å²) in [6, 6.07) is 1.05. The van der Waals surface area contributed by atoms with Crippen LogP contribution in [-0.2, 0) is 9.47 Å². The van der Waals surface area contributed by atoms with E-state index < -0.39 is 19.8 Å². The summed E-state index contributed by atoms with van der Waals surface area (Å²) in [5, 5.41) is 0. The van der Waals surface area contributed by atoms with Gasteiger partial charge in [0.1, 0.15) is 5.60 Å². The Bertz CT molecular complexity index is 653. The van der Waals surface area contributed by atoms with Crippen LogP contribution >= 0.6 is 0 Å². The molecule has 4 aliphatic carbocycles. The summed E-state index contributed by atoms with van der Waals surface area (Å²) in [5.41, 5.74) is 4.68. The van der Waals surface area contributed by atoms with Gasteiger partial charge in [0.2, 0.25) is 0 Å². The summed E-state index contributed by atoms with van der Waals surface area (Å²) < 4.78 is 10.9. The van der Waals surface area contributed by atoms with Crippen LogP contribution in [0, 0.1) is 29.6 Å². The highest BCUT2D eigenvalue weighted by Crippen LogP contribution is 2.62. The minimum atomic E-state index is -1.35. The fourth-order valence-corrected chi connectivity index (χ4v) is 7.37. The van der Waals surface area contributed by atoms with Crippen molar-refractivity contribution in [3.63, 3.8) is 0 Å². The van der Waals surface area contributed by atoms with Gasteiger partial charge < -0.3 is 20.1 Å².